The summed E-state index contributed by atoms with van der Waals surface area (Å²) in [6.45, 7) is 0. The van der Waals surface area contributed by atoms with Gasteiger partial charge in [0.2, 0.25) is 0 Å². The average Bonchev–Trinajstić information content (AvgIpc) is 2.15. The fraction of sp³-hybridized carbons (Fsp3) is 0.500. The van der Waals surface area contributed by atoms with Crippen LogP contribution in [0, 0.1) is 0 Å². The van der Waals surface area contributed by atoms with E-state index in [0.717, 1.165) is 22.2 Å². The minimum Gasteiger partial charge on any atom is -0.393 e. The topological polar surface area (TPSA) is 33.1 Å². The van der Waals surface area contributed by atoms with E-state index in [1.807, 2.05) is 12.3 Å². The van der Waals surface area contributed by atoms with Gasteiger partial charge in [0.1, 0.15) is 0 Å². The zero-order valence-corrected chi connectivity index (χ0v) is 10.5. The van der Waals surface area contributed by atoms with E-state index in [1.54, 1.807) is 24.2 Å². The van der Waals surface area contributed by atoms with Crippen molar-refractivity contribution in [2.75, 3.05) is 12.0 Å². The Morgan fingerprint density at radius 3 is 3.00 bits per heavy atom. The van der Waals surface area contributed by atoms with Crippen LogP contribution in [0.5, 0.6) is 0 Å². The Kier molecular flexibility index (Phi) is 5.52. The highest BCUT2D eigenvalue weighted by molar-refractivity contribution is 9.10. The van der Waals surface area contributed by atoms with Crippen molar-refractivity contribution >= 4 is 27.7 Å². The van der Waals surface area contributed by atoms with Crippen LogP contribution in [0.3, 0.4) is 0 Å². The van der Waals surface area contributed by atoms with Crippen LogP contribution in [0.25, 0.3) is 0 Å². The summed E-state index contributed by atoms with van der Waals surface area (Å²) in [7, 11) is 0. The molecule has 1 aromatic heterocycles. The summed E-state index contributed by atoms with van der Waals surface area (Å²) in [5.74, 6) is 1.00. The fourth-order valence-electron chi connectivity index (χ4n) is 1.20. The largest absolute Gasteiger partial charge is 0.393 e. The Labute approximate surface area is 97.3 Å². The van der Waals surface area contributed by atoms with Gasteiger partial charge < -0.3 is 5.11 Å². The predicted molar refractivity (Wildman–Crippen MR) is 64.6 cm³/mol. The third kappa shape index (κ3) is 4.44. The number of hydrogen-bond donors (Lipinski definition) is 1. The molecule has 14 heavy (non-hydrogen) atoms. The highest BCUT2D eigenvalue weighted by Gasteiger charge is 2.05. The molecular formula is C10H14BrNOS. The molecule has 1 N–H and O–H groups in total. The second kappa shape index (κ2) is 6.43. The Balaban J connectivity index is 2.43. The molecular weight excluding hydrogens is 262 g/mol. The van der Waals surface area contributed by atoms with Crippen LogP contribution in [0.15, 0.2) is 22.9 Å². The smallest absolute Gasteiger partial charge is 0.0589 e. The summed E-state index contributed by atoms with van der Waals surface area (Å²) >= 11 is 5.12. The molecule has 0 radical (unpaired) electrons. The van der Waals surface area contributed by atoms with E-state index in [9.17, 15) is 5.11 Å². The average molecular weight is 276 g/mol. The summed E-state index contributed by atoms with van der Waals surface area (Å²) in [5.41, 5.74) is 1.08. The van der Waals surface area contributed by atoms with Gasteiger partial charge in [-0.3, -0.25) is 4.98 Å². The van der Waals surface area contributed by atoms with Crippen molar-refractivity contribution in [3.8, 4) is 0 Å². The molecule has 2 nitrogen and oxygen atoms in total. The Hall–Kier alpha value is -0.0600. The monoisotopic (exact) mass is 275 g/mol. The molecule has 0 aliphatic carbocycles. The minimum absolute atomic E-state index is 0.251. The molecule has 0 saturated heterocycles. The van der Waals surface area contributed by atoms with E-state index in [2.05, 4.69) is 20.9 Å². The van der Waals surface area contributed by atoms with Crippen LogP contribution >= 0.6 is 27.7 Å². The Bertz CT molecular complexity index is 283. The predicted octanol–water partition coefficient (Wildman–Crippen LogP) is 2.50. The van der Waals surface area contributed by atoms with Crippen LogP contribution in [0.4, 0.5) is 0 Å². The molecule has 78 valence electrons. The van der Waals surface area contributed by atoms with Crippen molar-refractivity contribution < 1.29 is 5.11 Å². The van der Waals surface area contributed by atoms with Gasteiger partial charge in [0, 0.05) is 16.9 Å². The first-order valence-corrected chi connectivity index (χ1v) is 6.67. The molecule has 0 aliphatic heterocycles. The van der Waals surface area contributed by atoms with Crippen molar-refractivity contribution in [1.82, 2.24) is 4.98 Å². The second-order valence-corrected chi connectivity index (χ2v) is 5.05. The van der Waals surface area contributed by atoms with E-state index in [4.69, 9.17) is 0 Å². The van der Waals surface area contributed by atoms with Gasteiger partial charge in [0.05, 0.1) is 6.10 Å². The van der Waals surface area contributed by atoms with Crippen LogP contribution in [0.1, 0.15) is 12.0 Å². The van der Waals surface area contributed by atoms with E-state index < -0.39 is 0 Å². The molecule has 0 bridgehead atoms. The number of pyridine rings is 1. The third-order valence-electron chi connectivity index (χ3n) is 1.89. The zero-order valence-electron chi connectivity index (χ0n) is 8.11. The van der Waals surface area contributed by atoms with E-state index in [-0.39, 0.29) is 6.10 Å². The lowest BCUT2D eigenvalue weighted by Gasteiger charge is -2.09. The van der Waals surface area contributed by atoms with Gasteiger partial charge in [0.15, 0.2) is 0 Å². The van der Waals surface area contributed by atoms with E-state index in [1.165, 1.54) is 0 Å². The number of aromatic nitrogens is 1. The molecule has 1 heterocycles. The summed E-state index contributed by atoms with van der Waals surface area (Å²) in [5, 5.41) is 9.67. The molecule has 0 aliphatic rings. The number of rotatable bonds is 5. The lowest BCUT2D eigenvalue weighted by molar-refractivity contribution is 0.172. The summed E-state index contributed by atoms with van der Waals surface area (Å²) in [6, 6.07) is 2.00. The third-order valence-corrected chi connectivity index (χ3v) is 2.97. The lowest BCUT2D eigenvalue weighted by atomic mass is 10.1. The van der Waals surface area contributed by atoms with Gasteiger partial charge >= 0.3 is 0 Å². The normalized spacial score (nSPS) is 12.8. The number of halogens is 1. The maximum atomic E-state index is 9.67. The molecule has 0 aromatic carbocycles. The number of aliphatic hydroxyl groups excluding tert-OH is 1. The first-order chi connectivity index (χ1) is 6.72. The van der Waals surface area contributed by atoms with Crippen LogP contribution in [-0.4, -0.2) is 28.2 Å². The molecule has 0 saturated carbocycles. The van der Waals surface area contributed by atoms with Crippen LogP contribution in [0.2, 0.25) is 0 Å². The number of hydrogen-bond acceptors (Lipinski definition) is 3. The van der Waals surface area contributed by atoms with Crippen LogP contribution < -0.4 is 0 Å². The van der Waals surface area contributed by atoms with Crippen molar-refractivity contribution in [3.05, 3.63) is 28.5 Å². The molecule has 1 atom stereocenters. The Morgan fingerprint density at radius 2 is 2.36 bits per heavy atom. The molecule has 1 aromatic rings. The molecule has 1 rings (SSSR count). The summed E-state index contributed by atoms with van der Waals surface area (Å²) < 4.78 is 0.965. The van der Waals surface area contributed by atoms with Gasteiger partial charge in [-0.1, -0.05) is 0 Å². The van der Waals surface area contributed by atoms with Gasteiger partial charge in [-0.2, -0.15) is 11.8 Å². The SMILES string of the molecule is CSCCC(O)Cc1cncc(Br)c1. The van der Waals surface area contributed by atoms with Crippen LogP contribution in [-0.2, 0) is 6.42 Å². The van der Waals surface area contributed by atoms with Gasteiger partial charge in [-0.05, 0) is 52.4 Å². The quantitative estimate of drug-likeness (QED) is 0.897. The number of thioether (sulfide) groups is 1. The van der Waals surface area contributed by atoms with E-state index >= 15 is 0 Å². The molecule has 4 heteroatoms. The first kappa shape index (κ1) is 12.0. The second-order valence-electron chi connectivity index (χ2n) is 3.15. The Morgan fingerprint density at radius 1 is 1.57 bits per heavy atom. The lowest BCUT2D eigenvalue weighted by Crippen LogP contribution is -2.11. The van der Waals surface area contributed by atoms with Gasteiger partial charge in [-0.15, -0.1) is 0 Å². The van der Waals surface area contributed by atoms with Crippen molar-refractivity contribution in [2.24, 2.45) is 0 Å². The van der Waals surface area contributed by atoms with E-state index in [0.29, 0.717) is 6.42 Å². The number of nitrogens with zero attached hydrogens (tertiary/aromatic N) is 1. The first-order valence-electron chi connectivity index (χ1n) is 4.49. The maximum Gasteiger partial charge on any atom is 0.0589 e. The van der Waals surface area contributed by atoms with Crippen molar-refractivity contribution in [2.45, 2.75) is 18.9 Å². The van der Waals surface area contributed by atoms with Gasteiger partial charge in [0.25, 0.3) is 0 Å². The highest BCUT2D eigenvalue weighted by atomic mass is 79.9. The van der Waals surface area contributed by atoms with Gasteiger partial charge in [-0.25, -0.2) is 0 Å². The molecule has 0 fully saturated rings. The molecule has 0 amide bonds. The van der Waals surface area contributed by atoms with Crippen molar-refractivity contribution in [1.29, 1.82) is 0 Å². The summed E-state index contributed by atoms with van der Waals surface area (Å²) in [4.78, 5) is 4.05. The fourth-order valence-corrected chi connectivity index (χ4v) is 2.12. The maximum absolute atomic E-state index is 9.67. The standard InChI is InChI=1S/C10H14BrNOS/c1-14-3-2-10(13)5-8-4-9(11)7-12-6-8/h4,6-7,10,13H,2-3,5H2,1H3. The number of aliphatic hydroxyl groups is 1. The highest BCUT2D eigenvalue weighted by Crippen LogP contribution is 2.12. The molecule has 0 spiro atoms. The molecule has 1 unspecified atom stereocenters. The summed E-state index contributed by atoms with van der Waals surface area (Å²) in [6.07, 6.45) is 6.87. The minimum atomic E-state index is -0.251. The van der Waals surface area contributed by atoms with Crippen molar-refractivity contribution in [3.63, 3.8) is 0 Å². The zero-order chi connectivity index (χ0) is 10.4.